The molecule has 238 valence electrons. The van der Waals surface area contributed by atoms with E-state index in [2.05, 4.69) is 120 Å². The smallest absolute Gasteiger partial charge is 0.0120 e. The molecule has 5 rings (SSSR count). The van der Waals surface area contributed by atoms with Crippen molar-refractivity contribution in [3.05, 3.63) is 119 Å². The molecular formula is C45H58. The number of rotatable bonds is 15. The van der Waals surface area contributed by atoms with Crippen LogP contribution in [0, 0.1) is 0 Å². The Labute approximate surface area is 275 Å². The summed E-state index contributed by atoms with van der Waals surface area (Å²) < 4.78 is 0. The van der Waals surface area contributed by atoms with Crippen LogP contribution >= 0.6 is 0 Å². The molecule has 0 heteroatoms. The summed E-state index contributed by atoms with van der Waals surface area (Å²) in [5.74, 6) is 0.562. The lowest BCUT2D eigenvalue weighted by molar-refractivity contribution is 0.560. The van der Waals surface area contributed by atoms with Crippen LogP contribution < -0.4 is 0 Å². The molecule has 0 radical (unpaired) electrons. The van der Waals surface area contributed by atoms with Gasteiger partial charge in [-0.15, -0.1) is 0 Å². The van der Waals surface area contributed by atoms with E-state index in [1.54, 1.807) is 16.7 Å². The second kappa shape index (κ2) is 14.5. The van der Waals surface area contributed by atoms with Crippen LogP contribution in [0.25, 0.3) is 21.5 Å². The first-order chi connectivity index (χ1) is 21.7. The van der Waals surface area contributed by atoms with E-state index in [0.29, 0.717) is 5.92 Å². The Morgan fingerprint density at radius 3 is 2.16 bits per heavy atom. The average molecular weight is 599 g/mol. The van der Waals surface area contributed by atoms with Gasteiger partial charge in [-0.1, -0.05) is 170 Å². The van der Waals surface area contributed by atoms with E-state index in [-0.39, 0.29) is 10.8 Å². The van der Waals surface area contributed by atoms with E-state index in [4.69, 9.17) is 6.58 Å². The number of benzene rings is 4. The van der Waals surface area contributed by atoms with E-state index in [1.165, 1.54) is 102 Å². The van der Waals surface area contributed by atoms with Crippen LogP contribution in [0.5, 0.6) is 0 Å². The fourth-order valence-electron chi connectivity index (χ4n) is 8.38. The van der Waals surface area contributed by atoms with Gasteiger partial charge in [0.2, 0.25) is 0 Å². The Balaban J connectivity index is 1.26. The molecule has 1 aliphatic rings. The molecule has 1 unspecified atom stereocenters. The minimum absolute atomic E-state index is 0.0424. The maximum atomic E-state index is 4.72. The standard InChI is InChI=1S/C45H58/c1-8-10-14-24-36-30-29-34-22-17-19-26-37(34)42(36)44(4,5)33(3)21-15-12-13-16-28-41-39(25-11-9-2)40-32-31-35-23-18-20-27-38(35)43(40)45(41,6)7/h17-20,22-23,26-32,39H,3,8-16,21,24-25H2,1-2,4-7H3. The zero-order chi connectivity index (χ0) is 32.0. The quantitative estimate of drug-likeness (QED) is 0.0943. The molecule has 0 amide bonds. The number of fused-ring (bicyclic) bond motifs is 4. The highest BCUT2D eigenvalue weighted by Crippen LogP contribution is 2.54. The van der Waals surface area contributed by atoms with Crippen molar-refractivity contribution in [2.45, 2.75) is 135 Å². The highest BCUT2D eigenvalue weighted by molar-refractivity contribution is 5.90. The summed E-state index contributed by atoms with van der Waals surface area (Å²) in [6.45, 7) is 19.1. The van der Waals surface area contributed by atoms with Gasteiger partial charge < -0.3 is 0 Å². The highest BCUT2D eigenvalue weighted by atomic mass is 14.4. The van der Waals surface area contributed by atoms with Crippen LogP contribution in [-0.2, 0) is 17.3 Å². The summed E-state index contributed by atoms with van der Waals surface area (Å²) in [5, 5.41) is 5.59. The Morgan fingerprint density at radius 1 is 0.756 bits per heavy atom. The lowest BCUT2D eigenvalue weighted by atomic mass is 9.72. The minimum Gasteiger partial charge on any atom is -0.0990 e. The average Bonchev–Trinajstić information content (AvgIpc) is 3.26. The number of aryl methyl sites for hydroxylation is 1. The first-order valence-electron chi connectivity index (χ1n) is 18.1. The van der Waals surface area contributed by atoms with Gasteiger partial charge in [0.05, 0.1) is 0 Å². The normalized spacial score (nSPS) is 16.9. The van der Waals surface area contributed by atoms with Gasteiger partial charge in [-0.2, -0.15) is 0 Å². The molecule has 1 atom stereocenters. The Morgan fingerprint density at radius 2 is 1.42 bits per heavy atom. The van der Waals surface area contributed by atoms with E-state index < -0.39 is 0 Å². The molecule has 0 bridgehead atoms. The molecule has 0 aliphatic heterocycles. The second-order valence-electron chi connectivity index (χ2n) is 14.8. The number of hydrogen-bond acceptors (Lipinski definition) is 0. The molecule has 0 heterocycles. The molecule has 0 fully saturated rings. The van der Waals surface area contributed by atoms with Crippen LogP contribution in [-0.4, -0.2) is 0 Å². The van der Waals surface area contributed by atoms with Crippen molar-refractivity contribution >= 4 is 21.5 Å². The van der Waals surface area contributed by atoms with Gasteiger partial charge in [-0.3, -0.25) is 0 Å². The molecule has 4 aromatic carbocycles. The van der Waals surface area contributed by atoms with Crippen molar-refractivity contribution in [2.24, 2.45) is 0 Å². The lowest BCUT2D eigenvalue weighted by Gasteiger charge is -2.32. The minimum atomic E-state index is -0.0424. The predicted octanol–water partition coefficient (Wildman–Crippen LogP) is 13.7. The van der Waals surface area contributed by atoms with Gasteiger partial charge >= 0.3 is 0 Å². The molecule has 0 saturated heterocycles. The van der Waals surface area contributed by atoms with Crippen molar-refractivity contribution in [2.75, 3.05) is 0 Å². The molecule has 0 aromatic heterocycles. The van der Waals surface area contributed by atoms with Crippen LogP contribution in [0.1, 0.15) is 140 Å². The Hall–Kier alpha value is -3.12. The maximum absolute atomic E-state index is 4.72. The van der Waals surface area contributed by atoms with E-state index in [0.717, 1.165) is 12.8 Å². The second-order valence-corrected chi connectivity index (χ2v) is 14.8. The predicted molar refractivity (Wildman–Crippen MR) is 200 cm³/mol. The highest BCUT2D eigenvalue weighted by Gasteiger charge is 2.41. The first kappa shape index (κ1) is 33.2. The van der Waals surface area contributed by atoms with Crippen LogP contribution in [0.4, 0.5) is 0 Å². The molecule has 0 N–H and O–H groups in total. The van der Waals surface area contributed by atoms with Gasteiger partial charge in [0.15, 0.2) is 0 Å². The van der Waals surface area contributed by atoms with Crippen molar-refractivity contribution < 1.29 is 0 Å². The summed E-state index contributed by atoms with van der Waals surface area (Å²) in [6.07, 6.45) is 17.4. The molecule has 0 saturated carbocycles. The molecule has 1 aliphatic carbocycles. The maximum Gasteiger partial charge on any atom is 0.0120 e. The molecular weight excluding hydrogens is 540 g/mol. The van der Waals surface area contributed by atoms with Gasteiger partial charge in [-0.05, 0) is 88.7 Å². The zero-order valence-corrected chi connectivity index (χ0v) is 29.3. The summed E-state index contributed by atoms with van der Waals surface area (Å²) in [6, 6.07) is 27.5. The van der Waals surface area contributed by atoms with Crippen molar-refractivity contribution in [1.29, 1.82) is 0 Å². The number of unbranched alkanes of at least 4 members (excludes halogenated alkanes) is 6. The third-order valence-electron chi connectivity index (χ3n) is 11.0. The third kappa shape index (κ3) is 6.86. The number of allylic oxidation sites excluding steroid dienone is 3. The van der Waals surface area contributed by atoms with Crippen molar-refractivity contribution in [1.82, 2.24) is 0 Å². The van der Waals surface area contributed by atoms with Crippen molar-refractivity contribution in [3.63, 3.8) is 0 Å². The van der Waals surface area contributed by atoms with Crippen LogP contribution in [0.2, 0.25) is 0 Å². The summed E-state index contributed by atoms with van der Waals surface area (Å²) in [7, 11) is 0. The Kier molecular flexibility index (Phi) is 10.7. The lowest BCUT2D eigenvalue weighted by Crippen LogP contribution is -2.22. The van der Waals surface area contributed by atoms with Crippen LogP contribution in [0.3, 0.4) is 0 Å². The Bertz CT molecular complexity index is 1640. The fourth-order valence-corrected chi connectivity index (χ4v) is 8.38. The summed E-state index contributed by atoms with van der Waals surface area (Å²) in [5.41, 5.74) is 9.28. The molecule has 0 nitrogen and oxygen atoms in total. The first-order valence-corrected chi connectivity index (χ1v) is 18.1. The zero-order valence-electron chi connectivity index (χ0n) is 29.3. The van der Waals surface area contributed by atoms with Crippen LogP contribution in [0.15, 0.2) is 96.6 Å². The topological polar surface area (TPSA) is 0 Å². The number of hydrogen-bond donors (Lipinski definition) is 0. The largest absolute Gasteiger partial charge is 0.0990 e. The van der Waals surface area contributed by atoms with Gasteiger partial charge in [0.1, 0.15) is 0 Å². The van der Waals surface area contributed by atoms with E-state index in [9.17, 15) is 0 Å². The van der Waals surface area contributed by atoms with Crippen molar-refractivity contribution in [3.8, 4) is 0 Å². The molecule has 0 spiro atoms. The summed E-state index contributed by atoms with van der Waals surface area (Å²) in [4.78, 5) is 0. The van der Waals surface area contributed by atoms with Gasteiger partial charge in [0.25, 0.3) is 0 Å². The van der Waals surface area contributed by atoms with Gasteiger partial charge in [0, 0.05) is 16.7 Å². The fraction of sp³-hybridized carbons (Fsp3) is 0.467. The monoisotopic (exact) mass is 598 g/mol. The SMILES string of the molecule is C=C(CCCCCC=C1C(CCCC)c2ccc3ccccc3c2C1(C)C)C(C)(C)c1c(CCCCC)ccc2ccccc12. The summed E-state index contributed by atoms with van der Waals surface area (Å²) >= 11 is 0. The third-order valence-corrected chi connectivity index (χ3v) is 11.0. The molecule has 45 heavy (non-hydrogen) atoms. The molecule has 4 aromatic rings. The van der Waals surface area contributed by atoms with Gasteiger partial charge in [-0.25, -0.2) is 0 Å². The van der Waals surface area contributed by atoms with E-state index >= 15 is 0 Å². The van der Waals surface area contributed by atoms with E-state index in [1.807, 2.05) is 0 Å².